The second-order valence-corrected chi connectivity index (χ2v) is 11.2. The van der Waals surface area contributed by atoms with Crippen molar-refractivity contribution in [3.05, 3.63) is 121 Å². The highest BCUT2D eigenvalue weighted by Crippen LogP contribution is 2.34. The summed E-state index contributed by atoms with van der Waals surface area (Å²) < 4.78 is 22.0. The maximum absolute atomic E-state index is 14.5. The molecule has 3 aromatic carbocycles. The number of carbonyl (C=O) groups is 1. The number of hydrogen-bond donors (Lipinski definition) is 2. The Labute approximate surface area is 252 Å². The Bertz CT molecular complexity index is 1760. The van der Waals surface area contributed by atoms with Crippen LogP contribution >= 0.6 is 11.6 Å². The number of phenolic OH excluding ortho intramolecular Hbond substituents is 2. The number of rotatable bonds is 8. The van der Waals surface area contributed by atoms with E-state index in [-0.39, 0.29) is 36.1 Å². The Kier molecular flexibility index (Phi) is 8.70. The van der Waals surface area contributed by atoms with Crippen molar-refractivity contribution in [2.75, 3.05) is 11.5 Å². The van der Waals surface area contributed by atoms with E-state index >= 15 is 0 Å². The summed E-state index contributed by atoms with van der Waals surface area (Å²) in [4.78, 5) is 41.0. The highest BCUT2D eigenvalue weighted by Gasteiger charge is 2.25. The maximum atomic E-state index is 14.5. The number of carbonyl (C=O) groups excluding carboxylic acids is 1. The van der Waals surface area contributed by atoms with Crippen LogP contribution in [0.25, 0.3) is 0 Å². The van der Waals surface area contributed by atoms with E-state index in [1.165, 1.54) is 11.0 Å². The van der Waals surface area contributed by atoms with E-state index in [4.69, 9.17) is 16.3 Å². The summed E-state index contributed by atoms with van der Waals surface area (Å²) in [7, 11) is 0. The summed E-state index contributed by atoms with van der Waals surface area (Å²) in [6.07, 6.45) is 1.53. The highest BCUT2D eigenvalue weighted by molar-refractivity contribution is 6.30. The van der Waals surface area contributed by atoms with E-state index < -0.39 is 29.2 Å². The number of nitrogens with zero attached hydrogens (tertiary/aromatic N) is 3. The molecular weight excluding hydrogens is 577 g/mol. The molecule has 0 spiro atoms. The number of ether oxygens (including phenoxy) is 1. The van der Waals surface area contributed by atoms with Gasteiger partial charge in [0.25, 0.3) is 11.5 Å². The lowest BCUT2D eigenvalue weighted by molar-refractivity contribution is 0.0504. The number of phenols is 2. The van der Waals surface area contributed by atoms with Crippen LogP contribution in [0.2, 0.25) is 5.02 Å². The zero-order valence-electron chi connectivity index (χ0n) is 23.7. The highest BCUT2D eigenvalue weighted by atomic mass is 35.5. The summed E-state index contributed by atoms with van der Waals surface area (Å²) >= 11 is 6.05. The molecule has 1 aliphatic rings. The molecule has 1 aliphatic heterocycles. The lowest BCUT2D eigenvalue weighted by Gasteiger charge is -2.25. The van der Waals surface area contributed by atoms with Crippen molar-refractivity contribution in [3.8, 4) is 11.5 Å². The van der Waals surface area contributed by atoms with E-state index in [9.17, 15) is 29.0 Å². The van der Waals surface area contributed by atoms with Crippen molar-refractivity contribution < 1.29 is 24.1 Å². The Morgan fingerprint density at radius 1 is 1.05 bits per heavy atom. The lowest BCUT2D eigenvalue weighted by Crippen LogP contribution is -2.42. The predicted molar refractivity (Wildman–Crippen MR) is 161 cm³/mol. The van der Waals surface area contributed by atoms with Crippen molar-refractivity contribution in [1.29, 1.82) is 0 Å². The first kappa shape index (κ1) is 30.1. The average molecular weight is 608 g/mol. The Morgan fingerprint density at radius 2 is 1.72 bits per heavy atom. The molecule has 0 bridgehead atoms. The van der Waals surface area contributed by atoms with Gasteiger partial charge in [0.05, 0.1) is 24.8 Å². The van der Waals surface area contributed by atoms with E-state index in [1.807, 2.05) is 13.8 Å². The molecule has 1 fully saturated rings. The third-order valence-corrected chi connectivity index (χ3v) is 7.71. The first-order chi connectivity index (χ1) is 20.5. The van der Waals surface area contributed by atoms with Gasteiger partial charge in [-0.15, -0.1) is 0 Å². The number of anilines is 1. The van der Waals surface area contributed by atoms with Crippen LogP contribution in [0.5, 0.6) is 11.5 Å². The quantitative estimate of drug-likeness (QED) is 0.272. The molecule has 0 radical (unpaired) electrons. The number of aromatic nitrogens is 2. The van der Waals surface area contributed by atoms with Crippen molar-refractivity contribution >= 4 is 23.2 Å². The fraction of sp³-hybridized carbons (Fsp3) is 0.281. The smallest absolute Gasteiger partial charge is 0.333 e. The third-order valence-electron chi connectivity index (χ3n) is 7.45. The van der Waals surface area contributed by atoms with Gasteiger partial charge in [-0.2, -0.15) is 4.39 Å². The molecule has 224 valence electrons. The molecule has 0 saturated carbocycles. The zero-order chi connectivity index (χ0) is 30.8. The van der Waals surface area contributed by atoms with Gasteiger partial charge >= 0.3 is 5.69 Å². The molecule has 2 heterocycles. The lowest BCUT2D eigenvalue weighted by atomic mass is 9.98. The summed E-state index contributed by atoms with van der Waals surface area (Å²) in [5.74, 6) is -2.14. The normalized spacial score (nSPS) is 14.8. The van der Waals surface area contributed by atoms with Crippen LogP contribution in [-0.4, -0.2) is 31.9 Å². The summed E-state index contributed by atoms with van der Waals surface area (Å²) in [6.45, 7) is 4.12. The first-order valence-electron chi connectivity index (χ1n) is 13.9. The topological polar surface area (TPSA) is 114 Å². The van der Waals surface area contributed by atoms with Gasteiger partial charge in [-0.1, -0.05) is 49.7 Å². The summed E-state index contributed by atoms with van der Waals surface area (Å²) in [6, 6.07) is 16.2. The minimum Gasteiger partial charge on any atom is -0.508 e. The molecule has 1 unspecified atom stereocenters. The number of amides is 1. The molecular formula is C32H31ClFN3O6. The monoisotopic (exact) mass is 607 g/mol. The largest absolute Gasteiger partial charge is 0.508 e. The second-order valence-electron chi connectivity index (χ2n) is 10.8. The van der Waals surface area contributed by atoms with Gasteiger partial charge in [-0.3, -0.25) is 18.7 Å². The van der Waals surface area contributed by atoms with Crippen molar-refractivity contribution in [2.45, 2.75) is 51.9 Å². The Balaban J connectivity index is 1.49. The van der Waals surface area contributed by atoms with Gasteiger partial charge in [0.1, 0.15) is 17.7 Å². The van der Waals surface area contributed by atoms with Gasteiger partial charge in [0.2, 0.25) is 5.82 Å². The standard InChI is InChI=1S/C32H31ClFN3O6/c1-19(2)24-14-25(28(39)15-27(24)38)30(40)35(16-20-5-9-22(33)10-6-20)23-11-7-21(8-12-23)17-37-31(41)26(34)18-36(32(37)42)29-4-3-13-43-29/h5-12,14-15,18-19,29,38-39H,3-4,13,16-17H2,1-2H3. The minimum absolute atomic E-state index is 0.0144. The summed E-state index contributed by atoms with van der Waals surface area (Å²) in [5, 5.41) is 21.5. The van der Waals surface area contributed by atoms with Crippen molar-refractivity contribution in [3.63, 3.8) is 0 Å². The number of aromatic hydroxyl groups is 2. The van der Waals surface area contributed by atoms with Crippen LogP contribution in [0.4, 0.5) is 10.1 Å². The molecule has 1 saturated heterocycles. The van der Waals surface area contributed by atoms with Crippen molar-refractivity contribution in [1.82, 2.24) is 9.13 Å². The molecule has 2 N–H and O–H groups in total. The molecule has 1 atom stereocenters. The summed E-state index contributed by atoms with van der Waals surface area (Å²) in [5.41, 5.74) is 0.576. The number of benzene rings is 3. The van der Waals surface area contributed by atoms with Gasteiger partial charge in [-0.25, -0.2) is 4.79 Å². The molecule has 4 aromatic rings. The fourth-order valence-electron chi connectivity index (χ4n) is 5.10. The minimum atomic E-state index is -1.05. The van der Waals surface area contributed by atoms with Crippen LogP contribution in [0.15, 0.2) is 76.4 Å². The number of halogens is 2. The van der Waals surface area contributed by atoms with Crippen LogP contribution < -0.4 is 16.1 Å². The van der Waals surface area contributed by atoms with Crippen molar-refractivity contribution in [2.24, 2.45) is 0 Å². The molecule has 43 heavy (non-hydrogen) atoms. The van der Waals surface area contributed by atoms with E-state index in [0.29, 0.717) is 34.9 Å². The molecule has 0 aliphatic carbocycles. The molecule has 5 rings (SSSR count). The molecule has 1 aromatic heterocycles. The van der Waals surface area contributed by atoms with E-state index in [2.05, 4.69) is 0 Å². The molecule has 1 amide bonds. The fourth-order valence-corrected chi connectivity index (χ4v) is 5.23. The second kappa shape index (κ2) is 12.4. The van der Waals surface area contributed by atoms with Gasteiger partial charge in [0, 0.05) is 23.4 Å². The van der Waals surface area contributed by atoms with Crippen LogP contribution in [0, 0.1) is 5.82 Å². The third kappa shape index (κ3) is 6.35. The SMILES string of the molecule is CC(C)c1cc(C(=O)N(Cc2ccc(Cl)cc2)c2ccc(Cn3c(=O)c(F)cn(C4CCCO4)c3=O)cc2)c(O)cc1O. The van der Waals surface area contributed by atoms with Crippen LogP contribution in [0.3, 0.4) is 0 Å². The van der Waals surface area contributed by atoms with Crippen LogP contribution in [-0.2, 0) is 17.8 Å². The van der Waals surface area contributed by atoms with Gasteiger partial charge in [0.15, 0.2) is 0 Å². The average Bonchev–Trinajstić information content (AvgIpc) is 3.52. The van der Waals surface area contributed by atoms with Gasteiger partial charge < -0.3 is 19.8 Å². The van der Waals surface area contributed by atoms with Gasteiger partial charge in [-0.05, 0) is 65.8 Å². The molecule has 11 heteroatoms. The van der Waals surface area contributed by atoms with E-state index in [1.54, 1.807) is 48.5 Å². The number of hydrogen-bond acceptors (Lipinski definition) is 6. The first-order valence-corrected chi connectivity index (χ1v) is 14.3. The van der Waals surface area contributed by atoms with Crippen LogP contribution in [0.1, 0.15) is 65.9 Å². The van der Waals surface area contributed by atoms with E-state index in [0.717, 1.165) is 33.4 Å². The Hall–Kier alpha value is -4.41. The predicted octanol–water partition coefficient (Wildman–Crippen LogP) is 5.54. The maximum Gasteiger partial charge on any atom is 0.333 e. The molecule has 9 nitrogen and oxygen atoms in total. The Morgan fingerprint density at radius 3 is 2.35 bits per heavy atom. The zero-order valence-corrected chi connectivity index (χ0v) is 24.4.